The maximum absolute atomic E-state index is 11.0. The second kappa shape index (κ2) is 7.44. The summed E-state index contributed by atoms with van der Waals surface area (Å²) >= 11 is 0. The molecule has 1 fully saturated rings. The standard InChI is InChI=1S/C13H27NOS/c1-11-5-4-6-13(9-11)10-14-12(2)7-8-16(3)15/h11-14H,4-10H2,1-3H3. The van der Waals surface area contributed by atoms with Crippen LogP contribution in [0.1, 0.15) is 46.0 Å². The third-order valence-corrected chi connectivity index (χ3v) is 4.45. The zero-order valence-electron chi connectivity index (χ0n) is 11.0. The molecule has 0 saturated heterocycles. The molecule has 1 N–H and O–H groups in total. The highest BCUT2D eigenvalue weighted by molar-refractivity contribution is 7.84. The topological polar surface area (TPSA) is 29.1 Å². The maximum atomic E-state index is 11.0. The molecule has 0 radical (unpaired) electrons. The lowest BCUT2D eigenvalue weighted by Gasteiger charge is -2.28. The van der Waals surface area contributed by atoms with Gasteiger partial charge in [0.1, 0.15) is 0 Å². The van der Waals surface area contributed by atoms with Crippen molar-refractivity contribution in [3.63, 3.8) is 0 Å². The van der Waals surface area contributed by atoms with Crippen LogP contribution >= 0.6 is 0 Å². The Bertz CT molecular complexity index is 220. The fourth-order valence-corrected chi connectivity index (χ4v) is 3.24. The second-order valence-corrected chi connectivity index (χ2v) is 7.07. The van der Waals surface area contributed by atoms with Gasteiger partial charge in [0.2, 0.25) is 0 Å². The molecule has 0 bridgehead atoms. The third-order valence-electron chi connectivity index (χ3n) is 3.64. The van der Waals surface area contributed by atoms with Crippen molar-refractivity contribution in [2.45, 2.75) is 52.0 Å². The summed E-state index contributed by atoms with van der Waals surface area (Å²) in [6.45, 7) is 5.73. The molecule has 0 amide bonds. The zero-order valence-corrected chi connectivity index (χ0v) is 11.8. The Morgan fingerprint density at radius 3 is 2.81 bits per heavy atom. The fraction of sp³-hybridized carbons (Fsp3) is 1.00. The van der Waals surface area contributed by atoms with E-state index in [-0.39, 0.29) is 0 Å². The number of hydrogen-bond acceptors (Lipinski definition) is 2. The lowest BCUT2D eigenvalue weighted by molar-refractivity contribution is 0.267. The van der Waals surface area contributed by atoms with Crippen molar-refractivity contribution in [2.24, 2.45) is 11.8 Å². The lowest BCUT2D eigenvalue weighted by Crippen LogP contribution is -2.33. The minimum atomic E-state index is -0.640. The Kier molecular flexibility index (Phi) is 6.59. The molecule has 4 atom stereocenters. The van der Waals surface area contributed by atoms with Gasteiger partial charge in [-0.2, -0.15) is 0 Å². The zero-order chi connectivity index (χ0) is 12.0. The Labute approximate surface area is 103 Å². The molecule has 1 aliphatic rings. The van der Waals surface area contributed by atoms with E-state index in [0.717, 1.165) is 30.6 Å². The summed E-state index contributed by atoms with van der Waals surface area (Å²) < 4.78 is 11.0. The third kappa shape index (κ3) is 6.00. The molecule has 0 spiro atoms. The molecular formula is C13H27NOS. The predicted octanol–water partition coefficient (Wildman–Crippen LogP) is 2.56. The molecule has 16 heavy (non-hydrogen) atoms. The van der Waals surface area contributed by atoms with Gasteiger partial charge in [-0.05, 0) is 44.6 Å². The van der Waals surface area contributed by atoms with Gasteiger partial charge in [0, 0.05) is 28.9 Å². The van der Waals surface area contributed by atoms with E-state index in [4.69, 9.17) is 0 Å². The van der Waals surface area contributed by atoms with Gasteiger partial charge in [-0.3, -0.25) is 4.21 Å². The molecular weight excluding hydrogens is 218 g/mol. The van der Waals surface area contributed by atoms with E-state index in [1.54, 1.807) is 6.26 Å². The Balaban J connectivity index is 2.10. The molecule has 2 nitrogen and oxygen atoms in total. The summed E-state index contributed by atoms with van der Waals surface area (Å²) in [6.07, 6.45) is 8.42. The number of nitrogens with one attached hydrogen (secondary N) is 1. The van der Waals surface area contributed by atoms with Crippen molar-refractivity contribution in [1.29, 1.82) is 0 Å². The van der Waals surface area contributed by atoms with Crippen molar-refractivity contribution in [1.82, 2.24) is 5.32 Å². The summed E-state index contributed by atoms with van der Waals surface area (Å²) in [5, 5.41) is 3.59. The molecule has 1 aliphatic carbocycles. The fourth-order valence-electron chi connectivity index (χ4n) is 2.56. The first-order chi connectivity index (χ1) is 7.58. The molecule has 0 aromatic rings. The minimum absolute atomic E-state index is 0.515. The number of rotatable bonds is 6. The molecule has 96 valence electrons. The lowest BCUT2D eigenvalue weighted by atomic mass is 9.82. The Morgan fingerprint density at radius 2 is 2.19 bits per heavy atom. The van der Waals surface area contributed by atoms with Gasteiger partial charge in [0.25, 0.3) is 0 Å². The normalized spacial score (nSPS) is 29.9. The van der Waals surface area contributed by atoms with Crippen LogP contribution in [-0.2, 0) is 10.8 Å². The summed E-state index contributed by atoms with van der Waals surface area (Å²) in [6, 6.07) is 0.515. The molecule has 1 saturated carbocycles. The van der Waals surface area contributed by atoms with Crippen LogP contribution in [0, 0.1) is 11.8 Å². The van der Waals surface area contributed by atoms with Crippen LogP contribution in [0.2, 0.25) is 0 Å². The van der Waals surface area contributed by atoms with E-state index >= 15 is 0 Å². The van der Waals surface area contributed by atoms with E-state index in [1.807, 2.05) is 0 Å². The minimum Gasteiger partial charge on any atom is -0.314 e. The van der Waals surface area contributed by atoms with Gasteiger partial charge in [0.15, 0.2) is 0 Å². The molecule has 0 aromatic heterocycles. The Morgan fingerprint density at radius 1 is 1.44 bits per heavy atom. The smallest absolute Gasteiger partial charge is 0.0246 e. The quantitative estimate of drug-likeness (QED) is 0.779. The second-order valence-electron chi connectivity index (χ2n) is 5.51. The average Bonchev–Trinajstić information content (AvgIpc) is 2.23. The van der Waals surface area contributed by atoms with E-state index in [1.165, 1.54) is 25.7 Å². The van der Waals surface area contributed by atoms with Gasteiger partial charge in [-0.15, -0.1) is 0 Å². The van der Waals surface area contributed by atoms with Crippen LogP contribution in [0.3, 0.4) is 0 Å². The van der Waals surface area contributed by atoms with Crippen molar-refractivity contribution < 1.29 is 4.21 Å². The number of hydrogen-bond donors (Lipinski definition) is 1. The van der Waals surface area contributed by atoms with Crippen LogP contribution < -0.4 is 5.32 Å². The van der Waals surface area contributed by atoms with Crippen LogP contribution in [0.25, 0.3) is 0 Å². The van der Waals surface area contributed by atoms with Crippen LogP contribution in [-0.4, -0.2) is 28.8 Å². The highest BCUT2D eigenvalue weighted by atomic mass is 32.2. The SMILES string of the molecule is CC1CCCC(CNC(C)CCS(C)=O)C1. The summed E-state index contributed by atoms with van der Waals surface area (Å²) in [5.74, 6) is 2.62. The van der Waals surface area contributed by atoms with Crippen LogP contribution in [0.5, 0.6) is 0 Å². The molecule has 3 heteroatoms. The Hall–Kier alpha value is 0.110. The molecule has 4 unspecified atom stereocenters. The van der Waals surface area contributed by atoms with E-state index < -0.39 is 10.8 Å². The van der Waals surface area contributed by atoms with Gasteiger partial charge < -0.3 is 5.32 Å². The molecule has 0 heterocycles. The average molecular weight is 245 g/mol. The molecule has 0 aliphatic heterocycles. The van der Waals surface area contributed by atoms with E-state index in [9.17, 15) is 4.21 Å². The van der Waals surface area contributed by atoms with E-state index in [0.29, 0.717) is 6.04 Å². The van der Waals surface area contributed by atoms with Gasteiger partial charge in [-0.1, -0.05) is 19.8 Å². The van der Waals surface area contributed by atoms with Crippen LogP contribution in [0.4, 0.5) is 0 Å². The summed E-state index contributed by atoms with van der Waals surface area (Å²) in [4.78, 5) is 0. The van der Waals surface area contributed by atoms with Gasteiger partial charge in [0.05, 0.1) is 0 Å². The first-order valence-corrected chi connectivity index (χ1v) is 8.34. The van der Waals surface area contributed by atoms with Gasteiger partial charge >= 0.3 is 0 Å². The summed E-state index contributed by atoms with van der Waals surface area (Å²) in [7, 11) is -0.640. The van der Waals surface area contributed by atoms with Crippen molar-refractivity contribution in [2.75, 3.05) is 18.6 Å². The predicted molar refractivity (Wildman–Crippen MR) is 72.1 cm³/mol. The van der Waals surface area contributed by atoms with Crippen LogP contribution in [0.15, 0.2) is 0 Å². The van der Waals surface area contributed by atoms with E-state index in [2.05, 4.69) is 19.2 Å². The van der Waals surface area contributed by atoms with Crippen molar-refractivity contribution in [3.8, 4) is 0 Å². The molecule has 1 rings (SSSR count). The first-order valence-electron chi connectivity index (χ1n) is 6.61. The monoisotopic (exact) mass is 245 g/mol. The first kappa shape index (κ1) is 14.2. The molecule has 0 aromatic carbocycles. The highest BCUT2D eigenvalue weighted by Gasteiger charge is 2.18. The summed E-state index contributed by atoms with van der Waals surface area (Å²) in [5.41, 5.74) is 0. The maximum Gasteiger partial charge on any atom is 0.0246 e. The highest BCUT2D eigenvalue weighted by Crippen LogP contribution is 2.27. The van der Waals surface area contributed by atoms with Crippen molar-refractivity contribution in [3.05, 3.63) is 0 Å². The van der Waals surface area contributed by atoms with Gasteiger partial charge in [-0.25, -0.2) is 0 Å². The largest absolute Gasteiger partial charge is 0.314 e. The van der Waals surface area contributed by atoms with Crippen molar-refractivity contribution >= 4 is 10.8 Å².